The van der Waals surface area contributed by atoms with Crippen molar-refractivity contribution in [2.45, 2.75) is 32.6 Å². The minimum Gasteiger partial charge on any atom is -0.289 e. The third kappa shape index (κ3) is 3.33. The van der Waals surface area contributed by atoms with Gasteiger partial charge in [-0.3, -0.25) is 4.79 Å². The van der Waals surface area contributed by atoms with Crippen molar-refractivity contribution in [1.29, 1.82) is 0 Å². The number of rotatable bonds is 3. The highest BCUT2D eigenvalue weighted by Gasteiger charge is 2.09. The normalized spacial score (nSPS) is 16.3. The zero-order chi connectivity index (χ0) is 13.0. The quantitative estimate of drug-likeness (QED) is 0.564. The van der Waals surface area contributed by atoms with Crippen molar-refractivity contribution in [1.82, 2.24) is 0 Å². The van der Waals surface area contributed by atoms with Crippen molar-refractivity contribution < 1.29 is 4.79 Å². The topological polar surface area (TPSA) is 17.1 Å². The zero-order valence-corrected chi connectivity index (χ0v) is 11.3. The van der Waals surface area contributed by atoms with Crippen LogP contribution in [0, 0.1) is 6.92 Å². The van der Waals surface area contributed by atoms with Crippen LogP contribution in [0.15, 0.2) is 47.0 Å². The molecule has 0 N–H and O–H groups in total. The summed E-state index contributed by atoms with van der Waals surface area (Å²) in [5.41, 5.74) is 3.00. The van der Waals surface area contributed by atoms with Gasteiger partial charge < -0.3 is 0 Å². The summed E-state index contributed by atoms with van der Waals surface area (Å²) < 4.78 is 0. The first-order valence-electron chi connectivity index (χ1n) is 6.33. The fourth-order valence-corrected chi connectivity index (χ4v) is 2.35. The molecule has 18 heavy (non-hydrogen) atoms. The second-order valence-corrected chi connectivity index (χ2v) is 5.16. The molecule has 0 saturated carbocycles. The van der Waals surface area contributed by atoms with E-state index in [0.29, 0.717) is 0 Å². The predicted molar refractivity (Wildman–Crippen MR) is 76.0 cm³/mol. The van der Waals surface area contributed by atoms with Crippen LogP contribution in [0.25, 0.3) is 0 Å². The summed E-state index contributed by atoms with van der Waals surface area (Å²) in [4.78, 5) is 12.0. The Morgan fingerprint density at radius 3 is 2.50 bits per heavy atom. The van der Waals surface area contributed by atoms with E-state index in [1.54, 1.807) is 6.08 Å². The highest BCUT2D eigenvalue weighted by atomic mass is 35.5. The molecule has 2 rings (SSSR count). The van der Waals surface area contributed by atoms with Gasteiger partial charge in [0.2, 0.25) is 0 Å². The molecule has 0 unspecified atom stereocenters. The van der Waals surface area contributed by atoms with Gasteiger partial charge in [0, 0.05) is 10.6 Å². The number of ketones is 1. The second kappa shape index (κ2) is 6.01. The molecule has 0 spiro atoms. The fraction of sp³-hybridized carbons (Fsp3) is 0.312. The van der Waals surface area contributed by atoms with Crippen molar-refractivity contribution in [3.8, 4) is 0 Å². The van der Waals surface area contributed by atoms with E-state index in [0.717, 1.165) is 47.4 Å². The first kappa shape index (κ1) is 13.1. The highest BCUT2D eigenvalue weighted by molar-refractivity contribution is 6.30. The molecule has 1 aromatic rings. The Hall–Kier alpha value is -1.34. The maximum absolute atomic E-state index is 12.0. The summed E-state index contributed by atoms with van der Waals surface area (Å²) in [6.07, 6.45) is 7.75. The molecular weight excluding hydrogens is 244 g/mol. The summed E-state index contributed by atoms with van der Waals surface area (Å²) >= 11 is 6.15. The van der Waals surface area contributed by atoms with Gasteiger partial charge in [-0.15, -0.1) is 0 Å². The van der Waals surface area contributed by atoms with Crippen LogP contribution in [0.5, 0.6) is 0 Å². The van der Waals surface area contributed by atoms with Gasteiger partial charge in [0.25, 0.3) is 0 Å². The molecule has 2 heteroatoms. The minimum absolute atomic E-state index is 0.0394. The van der Waals surface area contributed by atoms with Crippen LogP contribution >= 0.6 is 11.6 Å². The summed E-state index contributed by atoms with van der Waals surface area (Å²) in [5.74, 6) is 0.0394. The lowest BCUT2D eigenvalue weighted by Gasteiger charge is -2.12. The average molecular weight is 261 g/mol. The Balaban J connectivity index is 2.09. The third-order valence-corrected chi connectivity index (χ3v) is 3.64. The molecule has 0 radical (unpaired) electrons. The lowest BCUT2D eigenvalue weighted by Crippen LogP contribution is -1.97. The molecule has 0 aliphatic heterocycles. The summed E-state index contributed by atoms with van der Waals surface area (Å²) in [7, 11) is 0. The lowest BCUT2D eigenvalue weighted by molar-refractivity contribution is 0.104. The maximum Gasteiger partial charge on any atom is 0.185 e. The van der Waals surface area contributed by atoms with Crippen LogP contribution in [0.4, 0.5) is 0 Å². The van der Waals surface area contributed by atoms with Gasteiger partial charge in [-0.25, -0.2) is 0 Å². The van der Waals surface area contributed by atoms with Crippen molar-refractivity contribution >= 4 is 17.4 Å². The Morgan fingerprint density at radius 1 is 1.17 bits per heavy atom. The van der Waals surface area contributed by atoms with Gasteiger partial charge in [0.15, 0.2) is 5.78 Å². The number of hydrogen-bond acceptors (Lipinski definition) is 1. The van der Waals surface area contributed by atoms with E-state index in [9.17, 15) is 4.79 Å². The van der Waals surface area contributed by atoms with Gasteiger partial charge in [-0.2, -0.15) is 0 Å². The second-order valence-electron chi connectivity index (χ2n) is 4.70. The molecule has 0 saturated heterocycles. The highest BCUT2D eigenvalue weighted by Crippen LogP contribution is 2.28. The number of carbonyl (C=O) groups is 1. The number of allylic oxidation sites excluding steroid dienone is 4. The fourth-order valence-electron chi connectivity index (χ4n) is 2.06. The minimum atomic E-state index is 0.0394. The Bertz CT molecular complexity index is 494. The van der Waals surface area contributed by atoms with Crippen LogP contribution < -0.4 is 0 Å². The number of aryl methyl sites for hydroxylation is 1. The van der Waals surface area contributed by atoms with Crippen molar-refractivity contribution in [3.05, 3.63) is 58.1 Å². The average Bonchev–Trinajstić information content (AvgIpc) is 2.38. The van der Waals surface area contributed by atoms with E-state index in [4.69, 9.17) is 11.6 Å². The number of benzene rings is 1. The molecule has 1 nitrogen and oxygen atoms in total. The summed E-state index contributed by atoms with van der Waals surface area (Å²) in [6.45, 7) is 2.01. The standard InChI is InChI=1S/C16H17ClO/c1-12-6-8-14(9-7-12)16(18)11-10-13-4-2-3-5-15(13)17/h6-11H,2-5H2,1H3/b11-10+. The van der Waals surface area contributed by atoms with E-state index >= 15 is 0 Å². The van der Waals surface area contributed by atoms with Crippen molar-refractivity contribution in [2.75, 3.05) is 0 Å². The van der Waals surface area contributed by atoms with Crippen LogP contribution in [-0.2, 0) is 0 Å². The molecular formula is C16H17ClO. The summed E-state index contributed by atoms with van der Waals surface area (Å²) in [6, 6.07) is 7.62. The molecule has 0 heterocycles. The van der Waals surface area contributed by atoms with Gasteiger partial charge in [0.1, 0.15) is 0 Å². The van der Waals surface area contributed by atoms with E-state index in [1.807, 2.05) is 37.3 Å². The first-order valence-corrected chi connectivity index (χ1v) is 6.71. The Labute approximate surface area is 113 Å². The number of halogens is 1. The monoisotopic (exact) mass is 260 g/mol. The third-order valence-electron chi connectivity index (χ3n) is 3.21. The van der Waals surface area contributed by atoms with E-state index < -0.39 is 0 Å². The molecule has 0 fully saturated rings. The largest absolute Gasteiger partial charge is 0.289 e. The lowest BCUT2D eigenvalue weighted by atomic mass is 9.98. The molecule has 0 atom stereocenters. The molecule has 0 bridgehead atoms. The number of carbonyl (C=O) groups excluding carboxylic acids is 1. The molecule has 94 valence electrons. The van der Waals surface area contributed by atoms with E-state index in [-0.39, 0.29) is 5.78 Å². The molecule has 1 aliphatic carbocycles. The SMILES string of the molecule is Cc1ccc(C(=O)/C=C/C2=C(Cl)CCCC2)cc1. The Kier molecular flexibility index (Phi) is 4.38. The van der Waals surface area contributed by atoms with Gasteiger partial charge in [-0.1, -0.05) is 47.5 Å². The number of hydrogen-bond donors (Lipinski definition) is 0. The molecule has 0 amide bonds. The first-order chi connectivity index (χ1) is 8.66. The molecule has 0 aromatic heterocycles. The van der Waals surface area contributed by atoms with E-state index in [2.05, 4.69) is 0 Å². The smallest absolute Gasteiger partial charge is 0.185 e. The predicted octanol–water partition coefficient (Wildman–Crippen LogP) is 4.80. The summed E-state index contributed by atoms with van der Waals surface area (Å²) in [5, 5.41) is 0.911. The van der Waals surface area contributed by atoms with E-state index in [1.165, 1.54) is 0 Å². The molecule has 1 aliphatic rings. The van der Waals surface area contributed by atoms with Crippen molar-refractivity contribution in [3.63, 3.8) is 0 Å². The van der Waals surface area contributed by atoms with Crippen LogP contribution in [0.2, 0.25) is 0 Å². The van der Waals surface area contributed by atoms with Crippen LogP contribution in [0.1, 0.15) is 41.6 Å². The van der Waals surface area contributed by atoms with Crippen molar-refractivity contribution in [2.24, 2.45) is 0 Å². The zero-order valence-electron chi connectivity index (χ0n) is 10.6. The molecule has 1 aromatic carbocycles. The van der Waals surface area contributed by atoms with Gasteiger partial charge in [-0.05, 0) is 44.3 Å². The van der Waals surface area contributed by atoms with Crippen LogP contribution in [0.3, 0.4) is 0 Å². The van der Waals surface area contributed by atoms with Gasteiger partial charge >= 0.3 is 0 Å². The van der Waals surface area contributed by atoms with Crippen LogP contribution in [-0.4, -0.2) is 5.78 Å². The van der Waals surface area contributed by atoms with Gasteiger partial charge in [0.05, 0.1) is 0 Å². The Morgan fingerprint density at radius 2 is 1.83 bits per heavy atom. The maximum atomic E-state index is 12.0.